The van der Waals surface area contributed by atoms with E-state index in [4.69, 9.17) is 5.73 Å². The van der Waals surface area contributed by atoms with Gasteiger partial charge in [0.15, 0.2) is 0 Å². The molecule has 1 aliphatic rings. The van der Waals surface area contributed by atoms with Crippen molar-refractivity contribution >= 4 is 27.9 Å². The molecule has 6 heteroatoms. The monoisotopic (exact) mass is 310 g/mol. The first-order chi connectivity index (χ1) is 10.0. The Morgan fingerprint density at radius 2 is 2.33 bits per heavy atom. The molecule has 0 saturated carbocycles. The zero-order chi connectivity index (χ0) is 15.4. The van der Waals surface area contributed by atoms with E-state index in [1.807, 2.05) is 13.0 Å². The summed E-state index contributed by atoms with van der Waals surface area (Å²) in [4.78, 5) is 17.4. The molecule has 1 aliphatic heterocycles. The van der Waals surface area contributed by atoms with E-state index >= 15 is 0 Å². The van der Waals surface area contributed by atoms with Crippen molar-refractivity contribution in [1.82, 2.24) is 10.2 Å². The average Bonchev–Trinajstić information content (AvgIpc) is 3.01. The standard InChI is InChI=1S/C15H26N4OS/c1-4-7-17-15(20)14-12(16)9-13(21-14)19-8-5-6-11(19)10-18(2)3/h9,11H,4-8,10,16H2,1-3H3,(H,17,20). The van der Waals surface area contributed by atoms with E-state index in [0.717, 1.165) is 24.5 Å². The van der Waals surface area contributed by atoms with Gasteiger partial charge in [0.2, 0.25) is 0 Å². The van der Waals surface area contributed by atoms with Crippen LogP contribution in [-0.2, 0) is 0 Å². The van der Waals surface area contributed by atoms with Gasteiger partial charge < -0.3 is 20.9 Å². The Hall–Kier alpha value is -1.27. The van der Waals surface area contributed by atoms with Crippen molar-refractivity contribution in [3.05, 3.63) is 10.9 Å². The molecule has 1 aromatic rings. The molecule has 0 aromatic carbocycles. The van der Waals surface area contributed by atoms with Crippen molar-refractivity contribution in [2.45, 2.75) is 32.2 Å². The van der Waals surface area contributed by atoms with E-state index in [-0.39, 0.29) is 5.91 Å². The highest BCUT2D eigenvalue weighted by Gasteiger charge is 2.27. The third kappa shape index (κ3) is 3.89. The van der Waals surface area contributed by atoms with Gasteiger partial charge in [0.05, 0.1) is 10.7 Å². The number of nitrogen functional groups attached to an aromatic ring is 1. The number of thiophene rings is 1. The summed E-state index contributed by atoms with van der Waals surface area (Å²) in [6.07, 6.45) is 3.34. The predicted molar refractivity (Wildman–Crippen MR) is 90.3 cm³/mol. The molecule has 1 unspecified atom stereocenters. The first-order valence-corrected chi connectivity index (χ1v) is 8.43. The van der Waals surface area contributed by atoms with Crippen LogP contribution >= 0.6 is 11.3 Å². The van der Waals surface area contributed by atoms with Crippen LogP contribution in [0.1, 0.15) is 35.9 Å². The van der Waals surface area contributed by atoms with Crippen LogP contribution in [-0.4, -0.2) is 50.6 Å². The minimum absolute atomic E-state index is 0.0473. The third-order valence-corrected chi connectivity index (χ3v) is 4.91. The van der Waals surface area contributed by atoms with E-state index in [9.17, 15) is 4.79 Å². The van der Waals surface area contributed by atoms with Crippen molar-refractivity contribution in [2.75, 3.05) is 44.4 Å². The summed E-state index contributed by atoms with van der Waals surface area (Å²) in [6, 6.07) is 2.48. The maximum atomic E-state index is 12.1. The number of nitrogens with two attached hydrogens (primary N) is 1. The van der Waals surface area contributed by atoms with E-state index in [2.05, 4.69) is 29.2 Å². The average molecular weight is 310 g/mol. The fraction of sp³-hybridized carbons (Fsp3) is 0.667. The van der Waals surface area contributed by atoms with Crippen LogP contribution in [0.4, 0.5) is 10.7 Å². The Bertz CT molecular complexity index is 486. The van der Waals surface area contributed by atoms with Crippen LogP contribution in [0, 0.1) is 0 Å². The van der Waals surface area contributed by atoms with Crippen LogP contribution in [0.3, 0.4) is 0 Å². The highest BCUT2D eigenvalue weighted by molar-refractivity contribution is 7.18. The van der Waals surface area contributed by atoms with Crippen LogP contribution in [0.25, 0.3) is 0 Å². The molecule has 1 fully saturated rings. The Labute approximate surface area is 131 Å². The Kier molecular flexibility index (Phi) is 5.47. The molecule has 1 aromatic heterocycles. The molecule has 1 atom stereocenters. The topological polar surface area (TPSA) is 61.6 Å². The summed E-state index contributed by atoms with van der Waals surface area (Å²) in [7, 11) is 4.20. The highest BCUT2D eigenvalue weighted by Crippen LogP contribution is 2.36. The van der Waals surface area contributed by atoms with Gasteiger partial charge in [-0.15, -0.1) is 11.3 Å². The van der Waals surface area contributed by atoms with Crippen molar-refractivity contribution in [3.63, 3.8) is 0 Å². The smallest absolute Gasteiger partial charge is 0.263 e. The second kappa shape index (κ2) is 7.13. The molecule has 0 aliphatic carbocycles. The molecule has 2 rings (SSSR count). The van der Waals surface area contributed by atoms with Crippen LogP contribution in [0.5, 0.6) is 0 Å². The number of carbonyl (C=O) groups is 1. The first kappa shape index (κ1) is 16.1. The summed E-state index contributed by atoms with van der Waals surface area (Å²) in [6.45, 7) is 4.82. The molecule has 1 saturated heterocycles. The lowest BCUT2D eigenvalue weighted by Gasteiger charge is -2.27. The predicted octanol–water partition coefficient (Wildman–Crippen LogP) is 2.00. The summed E-state index contributed by atoms with van der Waals surface area (Å²) in [5, 5.41) is 4.03. The quantitative estimate of drug-likeness (QED) is 0.844. The van der Waals surface area contributed by atoms with Gasteiger partial charge >= 0.3 is 0 Å². The molecule has 118 valence electrons. The number of amides is 1. The SMILES string of the molecule is CCCNC(=O)c1sc(N2CCCC2CN(C)C)cc1N. The van der Waals surface area contributed by atoms with E-state index < -0.39 is 0 Å². The molecule has 2 heterocycles. The van der Waals surface area contributed by atoms with E-state index in [0.29, 0.717) is 23.2 Å². The fourth-order valence-corrected chi connectivity index (χ4v) is 3.86. The molecule has 0 bridgehead atoms. The van der Waals surface area contributed by atoms with Crippen molar-refractivity contribution in [3.8, 4) is 0 Å². The number of nitrogens with one attached hydrogen (secondary N) is 1. The largest absolute Gasteiger partial charge is 0.397 e. The molecular weight excluding hydrogens is 284 g/mol. The van der Waals surface area contributed by atoms with Gasteiger partial charge in [-0.3, -0.25) is 4.79 Å². The Balaban J connectivity index is 2.12. The highest BCUT2D eigenvalue weighted by atomic mass is 32.1. The maximum Gasteiger partial charge on any atom is 0.263 e. The van der Waals surface area contributed by atoms with Gasteiger partial charge in [0, 0.05) is 25.7 Å². The van der Waals surface area contributed by atoms with E-state index in [1.165, 1.54) is 24.2 Å². The third-order valence-electron chi connectivity index (χ3n) is 3.73. The second-order valence-corrected chi connectivity index (χ2v) is 6.91. The minimum Gasteiger partial charge on any atom is -0.397 e. The zero-order valence-corrected chi connectivity index (χ0v) is 14.0. The molecule has 21 heavy (non-hydrogen) atoms. The van der Waals surface area contributed by atoms with Gasteiger partial charge in [-0.05, 0) is 39.4 Å². The number of rotatable bonds is 6. The van der Waals surface area contributed by atoms with Gasteiger partial charge in [0.1, 0.15) is 4.88 Å². The number of carbonyl (C=O) groups excluding carboxylic acids is 1. The van der Waals surface area contributed by atoms with Crippen molar-refractivity contribution in [2.24, 2.45) is 0 Å². The Morgan fingerprint density at radius 3 is 3.00 bits per heavy atom. The van der Waals surface area contributed by atoms with Gasteiger partial charge in [-0.1, -0.05) is 6.92 Å². The van der Waals surface area contributed by atoms with E-state index in [1.54, 1.807) is 0 Å². The summed E-state index contributed by atoms with van der Waals surface area (Å²) in [5.74, 6) is -0.0473. The van der Waals surface area contributed by atoms with Crippen LogP contribution in [0.15, 0.2) is 6.07 Å². The molecule has 3 N–H and O–H groups in total. The number of nitrogens with zero attached hydrogens (tertiary/aromatic N) is 2. The lowest BCUT2D eigenvalue weighted by atomic mass is 10.2. The van der Waals surface area contributed by atoms with Crippen molar-refractivity contribution < 1.29 is 4.79 Å². The second-order valence-electron chi connectivity index (χ2n) is 5.88. The molecule has 5 nitrogen and oxygen atoms in total. The lowest BCUT2D eigenvalue weighted by Crippen LogP contribution is -2.37. The van der Waals surface area contributed by atoms with Gasteiger partial charge in [-0.2, -0.15) is 0 Å². The van der Waals surface area contributed by atoms with Crippen LogP contribution in [0.2, 0.25) is 0 Å². The van der Waals surface area contributed by atoms with Crippen LogP contribution < -0.4 is 16.0 Å². The minimum atomic E-state index is -0.0473. The number of hydrogen-bond donors (Lipinski definition) is 2. The summed E-state index contributed by atoms with van der Waals surface area (Å²) >= 11 is 1.52. The number of anilines is 2. The number of hydrogen-bond acceptors (Lipinski definition) is 5. The normalized spacial score (nSPS) is 18.5. The zero-order valence-electron chi connectivity index (χ0n) is 13.2. The van der Waals surface area contributed by atoms with Gasteiger partial charge in [-0.25, -0.2) is 0 Å². The molecule has 1 amide bonds. The number of likely N-dealkylation sites (N-methyl/N-ethyl adjacent to an activating group) is 1. The lowest BCUT2D eigenvalue weighted by molar-refractivity contribution is 0.0958. The van der Waals surface area contributed by atoms with Crippen molar-refractivity contribution in [1.29, 1.82) is 0 Å². The summed E-state index contributed by atoms with van der Waals surface area (Å²) < 4.78 is 0. The fourth-order valence-electron chi connectivity index (χ4n) is 2.77. The first-order valence-electron chi connectivity index (χ1n) is 7.61. The maximum absolute atomic E-state index is 12.1. The summed E-state index contributed by atoms with van der Waals surface area (Å²) in [5.41, 5.74) is 6.64. The molecular formula is C15H26N4OS. The van der Waals surface area contributed by atoms with Gasteiger partial charge in [0.25, 0.3) is 5.91 Å². The Morgan fingerprint density at radius 1 is 1.57 bits per heavy atom. The molecule has 0 spiro atoms. The molecule has 0 radical (unpaired) electrons.